The van der Waals surface area contributed by atoms with E-state index in [2.05, 4.69) is 26.0 Å². The first-order chi connectivity index (χ1) is 21.6. The second kappa shape index (κ2) is 29.5. The Kier molecular flexibility index (Phi) is 28.2. The first-order valence-corrected chi connectivity index (χ1v) is 18.2. The normalized spacial score (nSPS) is 13.2. The van der Waals surface area contributed by atoms with Gasteiger partial charge in [-0.2, -0.15) is 0 Å². The molecule has 8 heteroatoms. The van der Waals surface area contributed by atoms with E-state index in [1.54, 1.807) is 21.1 Å². The van der Waals surface area contributed by atoms with Crippen LogP contribution in [0.4, 0.5) is 0 Å². The van der Waals surface area contributed by atoms with Gasteiger partial charge in [0.25, 0.3) is 0 Å². The van der Waals surface area contributed by atoms with E-state index in [1.165, 1.54) is 77.0 Å². The van der Waals surface area contributed by atoms with Crippen molar-refractivity contribution in [1.82, 2.24) is 0 Å². The Morgan fingerprint density at radius 3 is 1.62 bits per heavy atom. The van der Waals surface area contributed by atoms with Gasteiger partial charge in [0.1, 0.15) is 12.6 Å². The SMILES string of the molecule is CCCCCCCC/C=C\CCCCCCCCCC(=O)OC(COCCC(C(=O)[O-])[N+](C)(C)C)COC(=O)CCCCCC. The van der Waals surface area contributed by atoms with Gasteiger partial charge in [-0.15, -0.1) is 0 Å². The summed E-state index contributed by atoms with van der Waals surface area (Å²) < 4.78 is 16.9. The van der Waals surface area contributed by atoms with Gasteiger partial charge in [0.15, 0.2) is 6.10 Å². The first kappa shape index (κ1) is 43.1. The lowest BCUT2D eigenvalue weighted by Crippen LogP contribution is -2.55. The number of hydrogen-bond acceptors (Lipinski definition) is 7. The largest absolute Gasteiger partial charge is 0.544 e. The molecular weight excluding hydrogens is 570 g/mol. The average molecular weight is 640 g/mol. The lowest BCUT2D eigenvalue weighted by atomic mass is 10.1. The Morgan fingerprint density at radius 1 is 0.644 bits per heavy atom. The zero-order chi connectivity index (χ0) is 33.6. The van der Waals surface area contributed by atoms with Crippen molar-refractivity contribution in [2.75, 3.05) is 41.0 Å². The lowest BCUT2D eigenvalue weighted by Gasteiger charge is -2.34. The third-order valence-electron chi connectivity index (χ3n) is 8.15. The van der Waals surface area contributed by atoms with Gasteiger partial charge >= 0.3 is 11.9 Å². The number of quaternary nitrogens is 1. The molecule has 0 heterocycles. The van der Waals surface area contributed by atoms with Gasteiger partial charge in [-0.3, -0.25) is 9.59 Å². The number of esters is 2. The summed E-state index contributed by atoms with van der Waals surface area (Å²) in [6.07, 6.45) is 27.1. The molecule has 0 bridgehead atoms. The summed E-state index contributed by atoms with van der Waals surface area (Å²) in [5.74, 6) is -1.76. The van der Waals surface area contributed by atoms with Gasteiger partial charge in [0.2, 0.25) is 0 Å². The number of hydrogen-bond donors (Lipinski definition) is 0. The molecule has 0 radical (unpaired) electrons. The van der Waals surface area contributed by atoms with Crippen molar-refractivity contribution in [2.24, 2.45) is 0 Å². The maximum Gasteiger partial charge on any atom is 0.306 e. The fourth-order valence-corrected chi connectivity index (χ4v) is 5.24. The van der Waals surface area contributed by atoms with Gasteiger partial charge in [-0.25, -0.2) is 0 Å². The lowest BCUT2D eigenvalue weighted by molar-refractivity contribution is -0.889. The van der Waals surface area contributed by atoms with Crippen molar-refractivity contribution in [3.63, 3.8) is 0 Å². The van der Waals surface area contributed by atoms with Gasteiger partial charge in [-0.1, -0.05) is 109 Å². The summed E-state index contributed by atoms with van der Waals surface area (Å²) in [4.78, 5) is 36.2. The number of carbonyl (C=O) groups excluding carboxylic acids is 3. The van der Waals surface area contributed by atoms with Crippen LogP contribution in [-0.4, -0.2) is 75.5 Å². The van der Waals surface area contributed by atoms with Crippen LogP contribution >= 0.6 is 0 Å². The smallest absolute Gasteiger partial charge is 0.306 e. The summed E-state index contributed by atoms with van der Waals surface area (Å²) >= 11 is 0. The van der Waals surface area contributed by atoms with Crippen molar-refractivity contribution in [3.05, 3.63) is 12.2 Å². The average Bonchev–Trinajstić information content (AvgIpc) is 2.98. The quantitative estimate of drug-likeness (QED) is 0.0326. The molecule has 0 fully saturated rings. The summed E-state index contributed by atoms with van der Waals surface area (Å²) in [7, 11) is 5.38. The molecule has 0 rings (SSSR count). The second-order valence-electron chi connectivity index (χ2n) is 13.5. The van der Waals surface area contributed by atoms with Crippen molar-refractivity contribution < 1.29 is 38.2 Å². The minimum absolute atomic E-state index is 0.0417. The van der Waals surface area contributed by atoms with Crippen LogP contribution in [0.3, 0.4) is 0 Å². The van der Waals surface area contributed by atoms with E-state index in [0.717, 1.165) is 44.9 Å². The predicted molar refractivity (Wildman–Crippen MR) is 181 cm³/mol. The number of carboxylic acid groups (broad SMARTS) is 1. The molecule has 0 amide bonds. The molecule has 0 N–H and O–H groups in total. The van der Waals surface area contributed by atoms with E-state index in [9.17, 15) is 19.5 Å². The number of nitrogens with zero attached hydrogens (tertiary/aromatic N) is 1. The van der Waals surface area contributed by atoms with Crippen molar-refractivity contribution in [3.8, 4) is 0 Å². The van der Waals surface area contributed by atoms with E-state index in [-0.39, 0.29) is 42.7 Å². The zero-order valence-corrected chi connectivity index (χ0v) is 29.8. The van der Waals surface area contributed by atoms with E-state index in [1.807, 2.05) is 0 Å². The highest BCUT2D eigenvalue weighted by atomic mass is 16.6. The molecule has 0 aliphatic carbocycles. The predicted octanol–water partition coefficient (Wildman–Crippen LogP) is 7.46. The Hall–Kier alpha value is -1.93. The number of likely N-dealkylation sites (N-methyl/N-ethyl adjacent to an activating group) is 1. The molecule has 0 spiro atoms. The topological polar surface area (TPSA) is 102 Å². The molecule has 0 aromatic carbocycles. The molecule has 0 aromatic heterocycles. The first-order valence-electron chi connectivity index (χ1n) is 18.2. The van der Waals surface area contributed by atoms with Crippen LogP contribution in [0.1, 0.15) is 155 Å². The van der Waals surface area contributed by atoms with Crippen molar-refractivity contribution in [2.45, 2.75) is 167 Å². The highest BCUT2D eigenvalue weighted by Gasteiger charge is 2.25. The van der Waals surface area contributed by atoms with Gasteiger partial charge in [0, 0.05) is 19.3 Å². The summed E-state index contributed by atoms with van der Waals surface area (Å²) in [6.45, 7) is 4.52. The Bertz CT molecular complexity index is 762. The number of aliphatic carboxylic acids is 1. The highest BCUT2D eigenvalue weighted by molar-refractivity contribution is 5.70. The molecule has 0 saturated heterocycles. The number of carbonyl (C=O) groups is 3. The van der Waals surface area contributed by atoms with Crippen molar-refractivity contribution in [1.29, 1.82) is 0 Å². The maximum absolute atomic E-state index is 12.6. The van der Waals surface area contributed by atoms with E-state index < -0.39 is 18.1 Å². The van der Waals surface area contributed by atoms with E-state index >= 15 is 0 Å². The number of carboxylic acids is 1. The van der Waals surface area contributed by atoms with Crippen LogP contribution in [0, 0.1) is 0 Å². The molecule has 0 aromatic rings. The minimum atomic E-state index is -1.13. The zero-order valence-electron chi connectivity index (χ0n) is 29.8. The molecule has 264 valence electrons. The van der Waals surface area contributed by atoms with Crippen LogP contribution in [0.25, 0.3) is 0 Å². The molecule has 8 nitrogen and oxygen atoms in total. The Balaban J connectivity index is 4.24. The molecule has 0 saturated carbocycles. The molecule has 2 unspecified atom stereocenters. The van der Waals surface area contributed by atoms with Crippen LogP contribution in [0.5, 0.6) is 0 Å². The number of ether oxygens (including phenoxy) is 3. The van der Waals surface area contributed by atoms with Crippen molar-refractivity contribution >= 4 is 17.9 Å². The van der Waals surface area contributed by atoms with Crippen LogP contribution in [-0.2, 0) is 28.6 Å². The third kappa shape index (κ3) is 28.1. The third-order valence-corrected chi connectivity index (χ3v) is 8.15. The monoisotopic (exact) mass is 640 g/mol. The van der Waals surface area contributed by atoms with E-state index in [4.69, 9.17) is 14.2 Å². The molecule has 0 aliphatic rings. The fourth-order valence-electron chi connectivity index (χ4n) is 5.24. The summed E-state index contributed by atoms with van der Waals surface area (Å²) in [5.41, 5.74) is 0. The van der Waals surface area contributed by atoms with Crippen LogP contribution < -0.4 is 5.11 Å². The van der Waals surface area contributed by atoms with E-state index in [0.29, 0.717) is 12.8 Å². The molecular formula is C37H69NO7. The standard InChI is InChI=1S/C37H69NO7/c1-6-8-10-12-13-14-15-16-17-18-19-20-21-22-23-24-26-28-36(40)45-33(32-44-35(39)27-25-11-9-7-2)31-43-30-29-34(37(41)42)38(3,4)5/h16-17,33-34H,6-15,18-32H2,1-5H3/b17-16-. The number of unbranched alkanes of at least 4 members (excludes halogenated alkanes) is 16. The molecule has 2 atom stereocenters. The van der Waals surface area contributed by atoms with Gasteiger partial charge in [-0.05, 0) is 38.5 Å². The maximum atomic E-state index is 12.6. The number of rotatable bonds is 32. The Morgan fingerprint density at radius 2 is 1.11 bits per heavy atom. The second-order valence-corrected chi connectivity index (χ2v) is 13.5. The summed E-state index contributed by atoms with van der Waals surface area (Å²) in [5, 5.41) is 11.5. The van der Waals surface area contributed by atoms with Crippen LogP contribution in [0.2, 0.25) is 0 Å². The molecule has 45 heavy (non-hydrogen) atoms. The molecule has 0 aliphatic heterocycles. The number of allylic oxidation sites excluding steroid dienone is 2. The Labute approximate surface area is 276 Å². The minimum Gasteiger partial charge on any atom is -0.544 e. The summed E-state index contributed by atoms with van der Waals surface area (Å²) in [6, 6.07) is -0.719. The van der Waals surface area contributed by atoms with Gasteiger partial charge in [0.05, 0.1) is 40.3 Å². The highest BCUT2D eigenvalue weighted by Crippen LogP contribution is 2.13. The van der Waals surface area contributed by atoms with Gasteiger partial charge < -0.3 is 28.6 Å². The fraction of sp³-hybridized carbons (Fsp3) is 0.865. The van der Waals surface area contributed by atoms with Crippen LogP contribution in [0.15, 0.2) is 12.2 Å².